The lowest BCUT2D eigenvalue weighted by molar-refractivity contribution is 0.222. The predicted molar refractivity (Wildman–Crippen MR) is 45.5 cm³/mol. The summed E-state index contributed by atoms with van der Waals surface area (Å²) in [4.78, 5) is 2.26. The smallest absolute Gasteiger partial charge is 0.0391 e. The zero-order valence-electron chi connectivity index (χ0n) is 7.46. The van der Waals surface area contributed by atoms with E-state index in [1.807, 2.05) is 0 Å². The number of rotatable bonds is 4. The molecule has 0 bridgehead atoms. The normalized spacial score (nSPS) is 12.0. The molecule has 0 saturated carbocycles. The Morgan fingerprint density at radius 2 is 1.60 bits per heavy atom. The van der Waals surface area contributed by atoms with Crippen LogP contribution in [0.15, 0.2) is 0 Å². The maximum absolute atomic E-state index is 5.41. The highest BCUT2D eigenvalue weighted by Crippen LogP contribution is 2.05. The monoisotopic (exact) mass is 143 g/mol. The Kier molecular flexibility index (Phi) is 4.65. The molecule has 2 N–H and O–H groups in total. The van der Waals surface area contributed by atoms with Crippen molar-refractivity contribution >= 4 is 0 Å². The second kappa shape index (κ2) is 4.69. The number of hydrogen-bond acceptors (Lipinski definition) is 2. The van der Waals surface area contributed by atoms with Crippen LogP contribution in [0.4, 0.5) is 0 Å². The van der Waals surface area contributed by atoms with E-state index < -0.39 is 0 Å². The van der Waals surface area contributed by atoms with Gasteiger partial charge in [0.1, 0.15) is 0 Å². The number of hydrogen-bond donors (Lipinski definition) is 1. The van der Waals surface area contributed by atoms with Gasteiger partial charge in [-0.15, -0.1) is 0 Å². The third kappa shape index (κ3) is 3.18. The second-order valence-corrected chi connectivity index (χ2v) is 3.05. The standard InChI is InChI=1S/C8H19N2/c1-7(2)10(6-5-9)8(3)4/h6-8H,5,9H2,1-4H3. The Bertz CT molecular complexity index is 71.3. The van der Waals surface area contributed by atoms with Crippen molar-refractivity contribution in [2.45, 2.75) is 39.8 Å². The Morgan fingerprint density at radius 3 is 1.70 bits per heavy atom. The van der Waals surface area contributed by atoms with Gasteiger partial charge in [-0.2, -0.15) is 0 Å². The molecule has 2 nitrogen and oxygen atoms in total. The van der Waals surface area contributed by atoms with Crippen LogP contribution in [0.25, 0.3) is 0 Å². The molecule has 10 heavy (non-hydrogen) atoms. The fourth-order valence-electron chi connectivity index (χ4n) is 1.14. The lowest BCUT2D eigenvalue weighted by atomic mass is 10.2. The van der Waals surface area contributed by atoms with E-state index in [4.69, 9.17) is 5.73 Å². The van der Waals surface area contributed by atoms with Crippen LogP contribution in [0.3, 0.4) is 0 Å². The molecule has 0 saturated heterocycles. The van der Waals surface area contributed by atoms with E-state index in [1.54, 1.807) is 0 Å². The van der Waals surface area contributed by atoms with Gasteiger partial charge in [0.25, 0.3) is 0 Å². The molecular weight excluding hydrogens is 124 g/mol. The van der Waals surface area contributed by atoms with Gasteiger partial charge in [-0.3, -0.25) is 4.90 Å². The maximum Gasteiger partial charge on any atom is 0.0391 e. The summed E-state index contributed by atoms with van der Waals surface area (Å²) in [5.41, 5.74) is 5.41. The first-order chi connectivity index (χ1) is 4.59. The van der Waals surface area contributed by atoms with Crippen LogP contribution < -0.4 is 5.73 Å². The molecule has 1 radical (unpaired) electrons. The molecule has 0 aliphatic carbocycles. The molecule has 0 rings (SSSR count). The van der Waals surface area contributed by atoms with Crippen molar-refractivity contribution in [3.63, 3.8) is 0 Å². The molecule has 0 heterocycles. The molecule has 0 amide bonds. The molecule has 61 valence electrons. The van der Waals surface area contributed by atoms with Gasteiger partial charge in [-0.05, 0) is 27.7 Å². The molecule has 0 unspecified atom stereocenters. The van der Waals surface area contributed by atoms with E-state index >= 15 is 0 Å². The van der Waals surface area contributed by atoms with E-state index in [1.165, 1.54) is 0 Å². The lowest BCUT2D eigenvalue weighted by Gasteiger charge is -2.29. The third-order valence-corrected chi connectivity index (χ3v) is 1.51. The molecule has 0 aromatic heterocycles. The van der Waals surface area contributed by atoms with Gasteiger partial charge in [0.15, 0.2) is 0 Å². The Labute approximate surface area is 64.4 Å². The van der Waals surface area contributed by atoms with E-state index in [9.17, 15) is 0 Å². The zero-order chi connectivity index (χ0) is 8.15. The first-order valence-electron chi connectivity index (χ1n) is 3.90. The third-order valence-electron chi connectivity index (χ3n) is 1.51. The van der Waals surface area contributed by atoms with Crippen LogP contribution in [0.1, 0.15) is 27.7 Å². The maximum atomic E-state index is 5.41. The summed E-state index contributed by atoms with van der Waals surface area (Å²) < 4.78 is 0. The van der Waals surface area contributed by atoms with Crippen LogP contribution in [-0.4, -0.2) is 23.5 Å². The minimum atomic E-state index is 0.559. The van der Waals surface area contributed by atoms with E-state index in [2.05, 4.69) is 39.1 Å². The van der Waals surface area contributed by atoms with Crippen LogP contribution in [-0.2, 0) is 0 Å². The quantitative estimate of drug-likeness (QED) is 0.641. The molecule has 0 aliphatic heterocycles. The fourth-order valence-corrected chi connectivity index (χ4v) is 1.14. The minimum Gasteiger partial charge on any atom is -0.329 e. The Balaban J connectivity index is 3.73. The highest BCUT2D eigenvalue weighted by molar-refractivity contribution is 4.75. The minimum absolute atomic E-state index is 0.559. The summed E-state index contributed by atoms with van der Waals surface area (Å²) in [6.07, 6.45) is 0. The van der Waals surface area contributed by atoms with Crippen LogP contribution in [0.2, 0.25) is 0 Å². The van der Waals surface area contributed by atoms with Gasteiger partial charge in [0, 0.05) is 25.2 Å². The Hall–Kier alpha value is -0.0800. The largest absolute Gasteiger partial charge is 0.329 e. The van der Waals surface area contributed by atoms with Crippen molar-refractivity contribution in [3.05, 3.63) is 6.54 Å². The summed E-state index contributed by atoms with van der Waals surface area (Å²) in [5, 5.41) is 0. The van der Waals surface area contributed by atoms with Crippen molar-refractivity contribution in [3.8, 4) is 0 Å². The summed E-state index contributed by atoms with van der Waals surface area (Å²) in [7, 11) is 0. The summed E-state index contributed by atoms with van der Waals surface area (Å²) >= 11 is 0. The average Bonchev–Trinajstić information content (AvgIpc) is 1.81. The van der Waals surface area contributed by atoms with Crippen LogP contribution in [0, 0.1) is 6.54 Å². The van der Waals surface area contributed by atoms with Gasteiger partial charge in [0.2, 0.25) is 0 Å². The molecule has 0 fully saturated rings. The van der Waals surface area contributed by atoms with Crippen molar-refractivity contribution in [1.82, 2.24) is 4.90 Å². The molecule has 0 aromatic rings. The molecule has 2 heteroatoms. The number of nitrogens with two attached hydrogens (primary N) is 1. The zero-order valence-corrected chi connectivity index (χ0v) is 7.46. The summed E-state index contributed by atoms with van der Waals surface area (Å²) in [5.74, 6) is 0. The van der Waals surface area contributed by atoms with E-state index in [0.717, 1.165) is 0 Å². The van der Waals surface area contributed by atoms with Gasteiger partial charge in [-0.25, -0.2) is 0 Å². The molecule has 0 aromatic carbocycles. The van der Waals surface area contributed by atoms with Gasteiger partial charge < -0.3 is 5.73 Å². The lowest BCUT2D eigenvalue weighted by Crippen LogP contribution is -2.36. The predicted octanol–water partition coefficient (Wildman–Crippen LogP) is 1.23. The van der Waals surface area contributed by atoms with Gasteiger partial charge >= 0.3 is 0 Å². The summed E-state index contributed by atoms with van der Waals surface area (Å²) in [6, 6.07) is 1.12. The van der Waals surface area contributed by atoms with Gasteiger partial charge in [0.05, 0.1) is 0 Å². The van der Waals surface area contributed by atoms with Gasteiger partial charge in [-0.1, -0.05) is 0 Å². The highest BCUT2D eigenvalue weighted by Gasteiger charge is 2.11. The fraction of sp³-hybridized carbons (Fsp3) is 0.875. The first kappa shape index (κ1) is 9.92. The van der Waals surface area contributed by atoms with Crippen molar-refractivity contribution in [1.29, 1.82) is 0 Å². The topological polar surface area (TPSA) is 29.3 Å². The van der Waals surface area contributed by atoms with E-state index in [-0.39, 0.29) is 0 Å². The molecule has 0 spiro atoms. The van der Waals surface area contributed by atoms with E-state index in [0.29, 0.717) is 18.6 Å². The van der Waals surface area contributed by atoms with Crippen LogP contribution in [0.5, 0.6) is 0 Å². The molecular formula is C8H19N2. The van der Waals surface area contributed by atoms with Crippen LogP contribution >= 0.6 is 0 Å². The molecule has 0 atom stereocenters. The van der Waals surface area contributed by atoms with Crippen molar-refractivity contribution < 1.29 is 0 Å². The average molecular weight is 143 g/mol. The summed E-state index contributed by atoms with van der Waals surface area (Å²) in [6.45, 7) is 11.4. The van der Waals surface area contributed by atoms with Crippen molar-refractivity contribution in [2.75, 3.05) is 6.54 Å². The second-order valence-electron chi connectivity index (χ2n) is 3.05. The number of nitrogens with zero attached hydrogens (tertiary/aromatic N) is 1. The Morgan fingerprint density at radius 1 is 1.20 bits per heavy atom. The first-order valence-corrected chi connectivity index (χ1v) is 3.90. The SMILES string of the molecule is CC(C)N([CH]CN)C(C)C. The molecule has 0 aliphatic rings. The van der Waals surface area contributed by atoms with Crippen molar-refractivity contribution in [2.24, 2.45) is 5.73 Å². The highest BCUT2D eigenvalue weighted by atomic mass is 15.2.